The number of piperidine rings is 1. The van der Waals surface area contributed by atoms with Gasteiger partial charge in [-0.2, -0.15) is 0 Å². The quantitative estimate of drug-likeness (QED) is 0.385. The molecule has 5 nitrogen and oxygen atoms in total. The summed E-state index contributed by atoms with van der Waals surface area (Å²) >= 11 is 0. The van der Waals surface area contributed by atoms with Crippen LogP contribution in [0.3, 0.4) is 0 Å². The van der Waals surface area contributed by atoms with E-state index in [4.69, 9.17) is 4.98 Å². The van der Waals surface area contributed by atoms with Crippen molar-refractivity contribution >= 4 is 27.4 Å². The third-order valence-electron chi connectivity index (χ3n) is 11.4. The van der Waals surface area contributed by atoms with E-state index in [1.54, 1.807) is 4.90 Å². The summed E-state index contributed by atoms with van der Waals surface area (Å²) in [6.07, 6.45) is 25.5. The van der Waals surface area contributed by atoms with E-state index in [2.05, 4.69) is 70.6 Å². The molecule has 5 aliphatic rings. The Labute approximate surface area is 257 Å². The number of hydrogen-bond acceptors (Lipinski definition) is 3. The molecule has 224 valence electrons. The van der Waals surface area contributed by atoms with Gasteiger partial charge in [-0.05, 0) is 107 Å². The number of rotatable bonds is 1. The summed E-state index contributed by atoms with van der Waals surface area (Å²) < 4.78 is 0. The zero-order valence-corrected chi connectivity index (χ0v) is 25.5. The van der Waals surface area contributed by atoms with E-state index < -0.39 is 5.60 Å². The van der Waals surface area contributed by atoms with Crippen LogP contribution in [0.1, 0.15) is 71.3 Å². The Hall–Kier alpha value is -2.44. The van der Waals surface area contributed by atoms with Gasteiger partial charge in [-0.3, -0.25) is 4.98 Å². The van der Waals surface area contributed by atoms with Gasteiger partial charge >= 0.3 is 0 Å². The molecule has 1 spiro atoms. The number of pyridine rings is 1. The van der Waals surface area contributed by atoms with Gasteiger partial charge in [-0.15, -0.1) is 0 Å². The Morgan fingerprint density at radius 1 is 0.976 bits per heavy atom. The van der Waals surface area contributed by atoms with E-state index in [1.807, 2.05) is 6.20 Å². The van der Waals surface area contributed by atoms with Crippen LogP contribution in [0.2, 0.25) is 0 Å². The minimum Gasteiger partial charge on any atom is -1.00 e. The lowest BCUT2D eigenvalue weighted by atomic mass is 9.54. The van der Waals surface area contributed by atoms with Gasteiger partial charge in [0.25, 0.3) is 0 Å². The summed E-state index contributed by atoms with van der Waals surface area (Å²) in [5.74, 6) is 0.406. The zero-order valence-electron chi connectivity index (χ0n) is 24.7. The first-order valence-corrected chi connectivity index (χ1v) is 16.4. The number of allylic oxidation sites excluding steroid dienone is 4. The van der Waals surface area contributed by atoms with Crippen molar-refractivity contribution in [1.82, 2.24) is 14.9 Å². The summed E-state index contributed by atoms with van der Waals surface area (Å²) in [4.78, 5) is 13.3. The molecule has 4 aliphatic heterocycles. The fourth-order valence-electron chi connectivity index (χ4n) is 9.84. The maximum atomic E-state index is 13.1. The van der Waals surface area contributed by atoms with Crippen LogP contribution >= 0.6 is 0 Å². The van der Waals surface area contributed by atoms with Crippen molar-refractivity contribution in [1.29, 1.82) is 0 Å². The highest BCUT2D eigenvalue weighted by Crippen LogP contribution is 2.57. The van der Waals surface area contributed by atoms with Crippen LogP contribution in [-0.4, -0.2) is 63.8 Å². The standard InChI is InChI=1S/C36H44N4O.ClH.H2/c41-36-18-10-4-1-2-5-11-20-39-22-17-30(35(25-39)23-26-13-7-3-6-12-21-40(26)34(35)36)29(24-36)32-33-28(16-19-37-32)27-14-8-9-15-31(27)38-33;;/h1,4,7-9,13-16,19,24,26,30,34,38,41H,2-3,5-6,10-12,17-18,20-23,25H2;2*1H/b4-1-,13-7-;;/t26?,30-,34+,35-,36-;;/m0../s1. The minimum atomic E-state index is -0.861. The first kappa shape index (κ1) is 28.3. The fraction of sp³-hybridized carbons (Fsp3) is 0.528. The molecule has 3 N–H and O–H groups in total. The van der Waals surface area contributed by atoms with Gasteiger partial charge in [0.05, 0.1) is 23.2 Å². The average molecular weight is 587 g/mol. The number of benzene rings is 1. The number of aliphatic hydroxyl groups is 1. The Balaban J connectivity index is 0.00000165. The van der Waals surface area contributed by atoms with E-state index in [1.165, 1.54) is 68.0 Å². The fourth-order valence-corrected chi connectivity index (χ4v) is 9.84. The minimum absolute atomic E-state index is 0. The molecule has 6 heteroatoms. The normalized spacial score (nSPS) is 38.0. The molecular formula is C36H47ClN4O. The maximum absolute atomic E-state index is 13.1. The number of hydrogen-bond donors (Lipinski definition) is 3. The molecular weight excluding hydrogens is 540 g/mol. The Morgan fingerprint density at radius 2 is 1.83 bits per heavy atom. The van der Waals surface area contributed by atoms with Crippen LogP contribution in [0, 0.1) is 11.3 Å². The van der Waals surface area contributed by atoms with Gasteiger partial charge in [0.1, 0.15) is 17.7 Å². The van der Waals surface area contributed by atoms with Crippen molar-refractivity contribution in [3.63, 3.8) is 0 Å². The van der Waals surface area contributed by atoms with Crippen LogP contribution in [0.5, 0.6) is 0 Å². The van der Waals surface area contributed by atoms with Crippen LogP contribution in [0.25, 0.3) is 27.4 Å². The van der Waals surface area contributed by atoms with Crippen molar-refractivity contribution in [2.75, 3.05) is 26.2 Å². The molecule has 7 atom stereocenters. The molecule has 2 aromatic heterocycles. The van der Waals surface area contributed by atoms with Crippen molar-refractivity contribution < 1.29 is 23.8 Å². The molecule has 1 aliphatic carbocycles. The number of nitrogens with zero attached hydrogens (tertiary/aromatic N) is 2. The predicted molar refractivity (Wildman–Crippen MR) is 169 cm³/mol. The lowest BCUT2D eigenvalue weighted by Gasteiger charge is -2.55. The smallest absolute Gasteiger partial charge is 0.136 e. The molecule has 3 unspecified atom stereocenters. The molecule has 0 saturated carbocycles. The summed E-state index contributed by atoms with van der Waals surface area (Å²) in [5.41, 5.74) is 3.85. The number of quaternary nitrogens is 1. The molecule has 2 fully saturated rings. The Kier molecular flexibility index (Phi) is 7.59. The van der Waals surface area contributed by atoms with Crippen LogP contribution < -0.4 is 17.3 Å². The third kappa shape index (κ3) is 4.51. The van der Waals surface area contributed by atoms with Crippen molar-refractivity contribution in [2.24, 2.45) is 11.3 Å². The molecule has 1 aromatic carbocycles. The van der Waals surface area contributed by atoms with Crippen molar-refractivity contribution in [3.8, 4) is 0 Å². The van der Waals surface area contributed by atoms with Gasteiger partial charge in [-0.1, -0.05) is 36.4 Å². The molecule has 6 heterocycles. The van der Waals surface area contributed by atoms with Crippen LogP contribution in [-0.2, 0) is 0 Å². The summed E-state index contributed by atoms with van der Waals surface area (Å²) in [5, 5.41) is 15.6. The lowest BCUT2D eigenvalue weighted by Crippen LogP contribution is -3.20. The molecule has 8 rings (SSSR count). The summed E-state index contributed by atoms with van der Waals surface area (Å²) in [7, 11) is 0. The molecule has 3 bridgehead atoms. The van der Waals surface area contributed by atoms with Gasteiger partial charge in [-0.25, -0.2) is 0 Å². The average Bonchev–Trinajstić information content (AvgIpc) is 3.49. The number of fused-ring (bicyclic) bond motifs is 5. The van der Waals surface area contributed by atoms with E-state index in [0.29, 0.717) is 12.0 Å². The molecule has 0 amide bonds. The van der Waals surface area contributed by atoms with E-state index in [-0.39, 0.29) is 25.3 Å². The largest absolute Gasteiger partial charge is 1.00 e. The predicted octanol–water partition coefficient (Wildman–Crippen LogP) is 2.69. The van der Waals surface area contributed by atoms with Gasteiger partial charge in [0.2, 0.25) is 0 Å². The number of para-hydroxylation sites is 1. The number of H-pyrrole nitrogens is 1. The number of aromatic nitrogens is 2. The number of halogens is 1. The number of nitrogens with one attached hydrogen (secondary N) is 2. The monoisotopic (exact) mass is 586 g/mol. The highest BCUT2D eigenvalue weighted by Gasteiger charge is 2.68. The summed E-state index contributed by atoms with van der Waals surface area (Å²) in [6, 6.07) is 11.5. The molecule has 2 saturated heterocycles. The molecule has 0 radical (unpaired) electrons. The second kappa shape index (κ2) is 11.2. The topological polar surface area (TPSA) is 56.6 Å². The van der Waals surface area contributed by atoms with Gasteiger partial charge < -0.3 is 32.3 Å². The van der Waals surface area contributed by atoms with Crippen LogP contribution in [0.4, 0.5) is 0 Å². The lowest BCUT2D eigenvalue weighted by molar-refractivity contribution is -0.940. The van der Waals surface area contributed by atoms with E-state index in [0.717, 1.165) is 55.5 Å². The SMILES string of the molecule is O[C@]12C=C(c3nccc4c3[nH]c3ccccc34)[C@@H]3CCN(CCCC/C=C\CC1)C[C@@]31CC3/C=C\CCCC[NH+]3[C@H]12.[Cl-].[HH]. The van der Waals surface area contributed by atoms with E-state index >= 15 is 0 Å². The maximum Gasteiger partial charge on any atom is 0.136 e. The Morgan fingerprint density at radius 3 is 2.79 bits per heavy atom. The highest BCUT2D eigenvalue weighted by atomic mass is 35.5. The first-order chi connectivity index (χ1) is 20.2. The van der Waals surface area contributed by atoms with E-state index in [9.17, 15) is 5.11 Å². The molecule has 42 heavy (non-hydrogen) atoms. The third-order valence-corrected chi connectivity index (χ3v) is 11.4. The van der Waals surface area contributed by atoms with Gasteiger partial charge in [0, 0.05) is 36.9 Å². The number of aromatic amines is 1. The van der Waals surface area contributed by atoms with Crippen molar-refractivity contribution in [2.45, 2.75) is 81.9 Å². The summed E-state index contributed by atoms with van der Waals surface area (Å²) in [6.45, 7) is 4.60. The Bertz CT molecular complexity index is 1550. The first-order valence-electron chi connectivity index (χ1n) is 16.4. The second-order valence-corrected chi connectivity index (χ2v) is 13.7. The second-order valence-electron chi connectivity index (χ2n) is 13.7. The zero-order chi connectivity index (χ0) is 27.4. The highest BCUT2D eigenvalue weighted by molar-refractivity contribution is 6.09. The van der Waals surface area contributed by atoms with Gasteiger partial charge in [0.15, 0.2) is 0 Å². The van der Waals surface area contributed by atoms with Crippen molar-refractivity contribution in [3.05, 3.63) is 72.6 Å². The molecule has 3 aromatic rings. The van der Waals surface area contributed by atoms with Crippen LogP contribution in [0.15, 0.2) is 66.9 Å².